The van der Waals surface area contributed by atoms with Crippen molar-refractivity contribution in [2.24, 2.45) is 0 Å². The number of benzene rings is 2. The molecule has 3 rings (SSSR count). The lowest BCUT2D eigenvalue weighted by Gasteiger charge is -2.20. The van der Waals surface area contributed by atoms with E-state index in [0.717, 1.165) is 10.5 Å². The number of Topliss-reactive ketones (excluding diaryl/α,β-unsaturated/α-hetero) is 1. The lowest BCUT2D eigenvalue weighted by Crippen LogP contribution is -2.44. The van der Waals surface area contributed by atoms with E-state index in [0.29, 0.717) is 11.5 Å². The Kier molecular flexibility index (Phi) is 5.40. The second-order valence-corrected chi connectivity index (χ2v) is 7.01. The molecule has 0 unspecified atom stereocenters. The summed E-state index contributed by atoms with van der Waals surface area (Å²) in [6, 6.07) is 12.4. The number of ether oxygens (including phenoxy) is 1. The van der Waals surface area contributed by atoms with E-state index in [1.165, 1.54) is 19.1 Å². The zero-order valence-electron chi connectivity index (χ0n) is 16.0. The molecule has 0 spiro atoms. The molecule has 0 N–H and O–H groups in total. The highest BCUT2D eigenvalue weighted by molar-refractivity contribution is 6.22. The maximum atomic E-state index is 12.4. The number of rotatable bonds is 6. The molecule has 6 heteroatoms. The summed E-state index contributed by atoms with van der Waals surface area (Å²) in [5, 5.41) is 0. The quantitative estimate of drug-likeness (QED) is 0.437. The van der Waals surface area contributed by atoms with Gasteiger partial charge in [-0.15, -0.1) is 0 Å². The van der Waals surface area contributed by atoms with Gasteiger partial charge in [0.05, 0.1) is 11.1 Å². The summed E-state index contributed by atoms with van der Waals surface area (Å²) in [6.07, 6.45) is 0. The minimum atomic E-state index is -1.12. The number of ketones is 1. The molecule has 0 aliphatic carbocycles. The van der Waals surface area contributed by atoms with Gasteiger partial charge in [0.1, 0.15) is 6.04 Å². The van der Waals surface area contributed by atoms with Gasteiger partial charge in [0.25, 0.3) is 11.8 Å². The number of carbonyl (C=O) groups is 4. The molecule has 0 bridgehead atoms. The van der Waals surface area contributed by atoms with Crippen LogP contribution in [0.4, 0.5) is 0 Å². The molecular weight excluding hydrogens is 358 g/mol. The lowest BCUT2D eigenvalue weighted by atomic mass is 10.0. The minimum absolute atomic E-state index is 0.258. The third-order valence-electron chi connectivity index (χ3n) is 4.80. The van der Waals surface area contributed by atoms with Crippen molar-refractivity contribution in [3.8, 4) is 0 Å². The van der Waals surface area contributed by atoms with E-state index in [4.69, 9.17) is 4.74 Å². The summed E-state index contributed by atoms with van der Waals surface area (Å²) in [4.78, 5) is 50.3. The van der Waals surface area contributed by atoms with Crippen LogP contribution in [0.25, 0.3) is 0 Å². The number of esters is 1. The van der Waals surface area contributed by atoms with Gasteiger partial charge in [-0.2, -0.15) is 0 Å². The van der Waals surface area contributed by atoms with Gasteiger partial charge in [0.2, 0.25) is 0 Å². The SMILES string of the molecule is CC(C)c1ccc(C(=O)COC(=O)[C@@H](C)N2C(=O)c3ccccc3C2=O)cc1. The average Bonchev–Trinajstić information content (AvgIpc) is 2.96. The van der Waals surface area contributed by atoms with Crippen LogP contribution < -0.4 is 0 Å². The molecule has 1 aliphatic rings. The Morgan fingerprint density at radius 1 is 0.893 bits per heavy atom. The Morgan fingerprint density at radius 3 is 1.93 bits per heavy atom. The summed E-state index contributed by atoms with van der Waals surface area (Å²) < 4.78 is 5.07. The molecule has 1 atom stereocenters. The van der Waals surface area contributed by atoms with E-state index in [1.807, 2.05) is 12.1 Å². The molecule has 2 aromatic rings. The summed E-state index contributed by atoms with van der Waals surface area (Å²) in [7, 11) is 0. The molecule has 0 saturated heterocycles. The molecule has 0 radical (unpaired) electrons. The molecule has 0 aromatic heterocycles. The maximum absolute atomic E-state index is 12.4. The number of hydrogen-bond acceptors (Lipinski definition) is 5. The minimum Gasteiger partial charge on any atom is -0.456 e. The molecule has 1 aliphatic heterocycles. The second-order valence-electron chi connectivity index (χ2n) is 7.01. The fraction of sp³-hybridized carbons (Fsp3) is 0.273. The Labute approximate surface area is 163 Å². The van der Waals surface area contributed by atoms with Gasteiger partial charge < -0.3 is 4.74 Å². The first-order chi connectivity index (χ1) is 13.3. The molecule has 6 nitrogen and oxygen atoms in total. The van der Waals surface area contributed by atoms with Crippen molar-refractivity contribution >= 4 is 23.6 Å². The van der Waals surface area contributed by atoms with Gasteiger partial charge in [-0.3, -0.25) is 19.3 Å². The molecule has 2 amide bonds. The first-order valence-corrected chi connectivity index (χ1v) is 9.08. The van der Waals surface area contributed by atoms with Gasteiger partial charge in [-0.05, 0) is 30.5 Å². The number of amides is 2. The highest BCUT2D eigenvalue weighted by atomic mass is 16.5. The Balaban J connectivity index is 1.63. The maximum Gasteiger partial charge on any atom is 0.329 e. The smallest absolute Gasteiger partial charge is 0.329 e. The van der Waals surface area contributed by atoms with Gasteiger partial charge >= 0.3 is 5.97 Å². The van der Waals surface area contributed by atoms with Crippen molar-refractivity contribution in [3.63, 3.8) is 0 Å². The third kappa shape index (κ3) is 3.58. The van der Waals surface area contributed by atoms with Crippen molar-refractivity contribution in [2.75, 3.05) is 6.61 Å². The van der Waals surface area contributed by atoms with Crippen LogP contribution in [-0.2, 0) is 9.53 Å². The van der Waals surface area contributed by atoms with Gasteiger partial charge in [-0.25, -0.2) is 4.79 Å². The fourth-order valence-corrected chi connectivity index (χ4v) is 3.06. The first kappa shape index (κ1) is 19.5. The Morgan fingerprint density at radius 2 is 1.43 bits per heavy atom. The van der Waals surface area contributed by atoms with Gasteiger partial charge in [0.15, 0.2) is 12.4 Å². The molecular formula is C22H21NO5. The Bertz CT molecular complexity index is 911. The average molecular weight is 379 g/mol. The summed E-state index contributed by atoms with van der Waals surface area (Å²) in [6.45, 7) is 5.07. The summed E-state index contributed by atoms with van der Waals surface area (Å²) in [5.41, 5.74) is 2.06. The zero-order chi connectivity index (χ0) is 20.4. The van der Waals surface area contributed by atoms with Crippen molar-refractivity contribution < 1.29 is 23.9 Å². The number of hydrogen-bond donors (Lipinski definition) is 0. The van der Waals surface area contributed by atoms with E-state index in [2.05, 4.69) is 13.8 Å². The zero-order valence-corrected chi connectivity index (χ0v) is 16.0. The topological polar surface area (TPSA) is 80.8 Å². The van der Waals surface area contributed by atoms with Crippen molar-refractivity contribution in [1.82, 2.24) is 4.90 Å². The normalized spacial score (nSPS) is 14.2. The molecule has 0 fully saturated rings. The van der Waals surface area contributed by atoms with Gasteiger partial charge in [0, 0.05) is 5.56 Å². The third-order valence-corrected chi connectivity index (χ3v) is 4.80. The van der Waals surface area contributed by atoms with Crippen molar-refractivity contribution in [1.29, 1.82) is 0 Å². The van der Waals surface area contributed by atoms with Gasteiger partial charge in [-0.1, -0.05) is 50.2 Å². The van der Waals surface area contributed by atoms with E-state index in [-0.39, 0.29) is 16.9 Å². The number of imide groups is 1. The largest absolute Gasteiger partial charge is 0.456 e. The van der Waals surface area contributed by atoms with Crippen LogP contribution in [0.2, 0.25) is 0 Å². The van der Waals surface area contributed by atoms with E-state index in [1.54, 1.807) is 24.3 Å². The lowest BCUT2D eigenvalue weighted by molar-refractivity contribution is -0.146. The van der Waals surface area contributed by atoms with Crippen molar-refractivity contribution in [2.45, 2.75) is 32.7 Å². The predicted molar refractivity (Wildman–Crippen MR) is 102 cm³/mol. The summed E-state index contributed by atoms with van der Waals surface area (Å²) >= 11 is 0. The summed E-state index contributed by atoms with van der Waals surface area (Å²) in [5.74, 6) is -1.89. The van der Waals surface area contributed by atoms with Crippen LogP contribution in [0, 0.1) is 0 Å². The van der Waals surface area contributed by atoms with Crippen LogP contribution in [0.15, 0.2) is 48.5 Å². The first-order valence-electron chi connectivity index (χ1n) is 9.08. The molecule has 144 valence electrons. The highest BCUT2D eigenvalue weighted by Crippen LogP contribution is 2.24. The number of fused-ring (bicyclic) bond motifs is 1. The van der Waals surface area contributed by atoms with E-state index < -0.39 is 30.4 Å². The molecule has 2 aromatic carbocycles. The monoisotopic (exact) mass is 379 g/mol. The van der Waals surface area contributed by atoms with Crippen LogP contribution in [0.3, 0.4) is 0 Å². The standard InChI is InChI=1S/C22H21NO5/c1-13(2)15-8-10-16(11-9-15)19(24)12-28-22(27)14(3)23-20(25)17-6-4-5-7-18(17)21(23)26/h4-11,13-14H,12H2,1-3H3/t14-/m1/s1. The van der Waals surface area contributed by atoms with Crippen LogP contribution in [0.1, 0.15) is 63.3 Å². The fourth-order valence-electron chi connectivity index (χ4n) is 3.06. The second kappa shape index (κ2) is 7.76. The van der Waals surface area contributed by atoms with E-state index >= 15 is 0 Å². The van der Waals surface area contributed by atoms with Crippen molar-refractivity contribution in [3.05, 3.63) is 70.8 Å². The molecule has 1 heterocycles. The predicted octanol–water partition coefficient (Wildman–Crippen LogP) is 3.22. The number of carbonyl (C=O) groups excluding carboxylic acids is 4. The van der Waals surface area contributed by atoms with E-state index in [9.17, 15) is 19.2 Å². The van der Waals surface area contributed by atoms with Crippen LogP contribution in [0.5, 0.6) is 0 Å². The highest BCUT2D eigenvalue weighted by Gasteiger charge is 2.41. The Hall–Kier alpha value is -3.28. The molecule has 28 heavy (non-hydrogen) atoms. The van der Waals surface area contributed by atoms with Crippen LogP contribution in [-0.4, -0.2) is 41.1 Å². The molecule has 0 saturated carbocycles. The number of nitrogens with zero attached hydrogens (tertiary/aromatic N) is 1. The van der Waals surface area contributed by atoms with Crippen LogP contribution >= 0.6 is 0 Å².